The van der Waals surface area contributed by atoms with Crippen molar-refractivity contribution in [3.63, 3.8) is 0 Å². The van der Waals surface area contributed by atoms with Crippen molar-refractivity contribution in [1.29, 1.82) is 0 Å². The topological polar surface area (TPSA) is 76.4 Å². The Labute approximate surface area is 211 Å². The van der Waals surface area contributed by atoms with Gasteiger partial charge in [-0.15, -0.1) is 0 Å². The number of imidazole rings is 1. The standard InChI is InChI=1S/C28H34N4O4/c1-19-7-8-26-29-24(17-31(26)14-19)18-35-25-6-4-5-23(13-25)28(34)30-11-9-22(10-12-30)27(33)32-15-20(2)36-21(3)16-32/h4-8,13-14,17,20-22H,9-12,15-16,18H2,1-3H3. The van der Waals surface area contributed by atoms with Crippen molar-refractivity contribution in [3.05, 3.63) is 65.6 Å². The molecule has 0 bridgehead atoms. The minimum Gasteiger partial charge on any atom is -0.487 e. The van der Waals surface area contributed by atoms with E-state index in [4.69, 9.17) is 9.47 Å². The van der Waals surface area contributed by atoms with E-state index in [1.807, 2.05) is 77.7 Å². The van der Waals surface area contributed by atoms with Crippen LogP contribution < -0.4 is 4.74 Å². The van der Waals surface area contributed by atoms with Gasteiger partial charge in [-0.3, -0.25) is 9.59 Å². The number of carbonyl (C=O) groups excluding carboxylic acids is 2. The number of nitrogens with zero attached hydrogens (tertiary/aromatic N) is 4. The highest BCUT2D eigenvalue weighted by Gasteiger charge is 2.33. The van der Waals surface area contributed by atoms with Gasteiger partial charge in [0.2, 0.25) is 5.91 Å². The minimum absolute atomic E-state index is 0.0248. The molecule has 4 heterocycles. The van der Waals surface area contributed by atoms with Gasteiger partial charge in [0, 0.05) is 50.1 Å². The van der Waals surface area contributed by atoms with Gasteiger partial charge in [-0.05, 0) is 63.4 Å². The zero-order chi connectivity index (χ0) is 25.2. The lowest BCUT2D eigenvalue weighted by Crippen LogP contribution is -2.51. The van der Waals surface area contributed by atoms with Crippen LogP contribution in [-0.4, -0.2) is 69.4 Å². The van der Waals surface area contributed by atoms with Crippen LogP contribution in [0.3, 0.4) is 0 Å². The van der Waals surface area contributed by atoms with Gasteiger partial charge >= 0.3 is 0 Å². The monoisotopic (exact) mass is 490 g/mol. The van der Waals surface area contributed by atoms with E-state index in [0.717, 1.165) is 16.9 Å². The molecular formula is C28H34N4O4. The number of rotatable bonds is 5. The van der Waals surface area contributed by atoms with E-state index in [1.165, 1.54) is 0 Å². The highest BCUT2D eigenvalue weighted by molar-refractivity contribution is 5.94. The van der Waals surface area contributed by atoms with Crippen LogP contribution in [0.25, 0.3) is 5.65 Å². The number of aryl methyl sites for hydroxylation is 1. The molecule has 36 heavy (non-hydrogen) atoms. The van der Waals surface area contributed by atoms with Gasteiger partial charge in [0.05, 0.1) is 17.9 Å². The molecule has 2 saturated heterocycles. The van der Waals surface area contributed by atoms with Crippen LogP contribution in [0.2, 0.25) is 0 Å². The van der Waals surface area contributed by atoms with E-state index in [-0.39, 0.29) is 29.9 Å². The number of fused-ring (bicyclic) bond motifs is 1. The molecule has 2 aliphatic heterocycles. The van der Waals surface area contributed by atoms with Crippen molar-refractivity contribution in [2.24, 2.45) is 5.92 Å². The molecular weight excluding hydrogens is 456 g/mol. The van der Waals surface area contributed by atoms with Gasteiger partial charge in [-0.25, -0.2) is 4.98 Å². The Bertz CT molecular complexity index is 1240. The summed E-state index contributed by atoms with van der Waals surface area (Å²) in [7, 11) is 0. The number of morpholine rings is 1. The Kier molecular flexibility index (Phi) is 6.96. The van der Waals surface area contributed by atoms with Gasteiger partial charge in [0.1, 0.15) is 18.0 Å². The molecule has 0 radical (unpaired) electrons. The number of likely N-dealkylation sites (tertiary alicyclic amines) is 1. The maximum Gasteiger partial charge on any atom is 0.253 e. The van der Waals surface area contributed by atoms with E-state index in [9.17, 15) is 9.59 Å². The predicted octanol–water partition coefficient (Wildman–Crippen LogP) is 3.71. The van der Waals surface area contributed by atoms with Gasteiger partial charge < -0.3 is 23.7 Å². The summed E-state index contributed by atoms with van der Waals surface area (Å²) in [5.74, 6) is 0.773. The van der Waals surface area contributed by atoms with E-state index in [2.05, 4.69) is 4.98 Å². The lowest BCUT2D eigenvalue weighted by molar-refractivity contribution is -0.148. The summed E-state index contributed by atoms with van der Waals surface area (Å²) in [4.78, 5) is 34.6. The van der Waals surface area contributed by atoms with Crippen LogP contribution in [0.4, 0.5) is 0 Å². The fourth-order valence-electron chi connectivity index (χ4n) is 5.23. The average molecular weight is 491 g/mol. The summed E-state index contributed by atoms with van der Waals surface area (Å²) in [6.07, 6.45) is 5.49. The van der Waals surface area contributed by atoms with Gasteiger partial charge in [0.25, 0.3) is 5.91 Å². The van der Waals surface area contributed by atoms with E-state index in [1.54, 1.807) is 6.07 Å². The summed E-state index contributed by atoms with van der Waals surface area (Å²) < 4.78 is 13.7. The maximum absolute atomic E-state index is 13.2. The summed E-state index contributed by atoms with van der Waals surface area (Å²) in [5.41, 5.74) is 3.46. The molecule has 0 saturated carbocycles. The summed E-state index contributed by atoms with van der Waals surface area (Å²) in [6, 6.07) is 11.3. The third-order valence-corrected chi connectivity index (χ3v) is 6.98. The average Bonchev–Trinajstić information content (AvgIpc) is 3.28. The molecule has 5 rings (SSSR count). The van der Waals surface area contributed by atoms with Gasteiger partial charge in [-0.1, -0.05) is 12.1 Å². The molecule has 0 spiro atoms. The zero-order valence-electron chi connectivity index (χ0n) is 21.2. The van der Waals surface area contributed by atoms with E-state index >= 15 is 0 Å². The second kappa shape index (κ2) is 10.3. The molecule has 3 aromatic rings. The largest absolute Gasteiger partial charge is 0.487 e. The number of pyridine rings is 1. The number of ether oxygens (including phenoxy) is 2. The van der Waals surface area contributed by atoms with Crippen LogP contribution in [0.15, 0.2) is 48.8 Å². The van der Waals surface area contributed by atoms with Gasteiger partial charge in [-0.2, -0.15) is 0 Å². The Hall–Kier alpha value is -3.39. The second-order valence-electron chi connectivity index (χ2n) is 10.1. The smallest absolute Gasteiger partial charge is 0.253 e. The van der Waals surface area contributed by atoms with Crippen LogP contribution >= 0.6 is 0 Å². The molecule has 8 heteroatoms. The molecule has 2 aromatic heterocycles. The summed E-state index contributed by atoms with van der Waals surface area (Å²) in [5, 5.41) is 0. The van der Waals surface area contributed by atoms with Crippen molar-refractivity contribution < 1.29 is 19.1 Å². The van der Waals surface area contributed by atoms with Crippen molar-refractivity contribution in [2.45, 2.75) is 52.4 Å². The number of hydrogen-bond acceptors (Lipinski definition) is 5. The second-order valence-corrected chi connectivity index (χ2v) is 10.1. The fraction of sp³-hybridized carbons (Fsp3) is 0.464. The zero-order valence-corrected chi connectivity index (χ0v) is 21.2. The molecule has 2 atom stereocenters. The molecule has 0 aliphatic carbocycles. The van der Waals surface area contributed by atoms with Crippen LogP contribution in [0.1, 0.15) is 48.3 Å². The van der Waals surface area contributed by atoms with Crippen molar-refractivity contribution >= 4 is 17.5 Å². The van der Waals surface area contributed by atoms with E-state index in [0.29, 0.717) is 56.9 Å². The molecule has 2 aliphatic rings. The number of carbonyl (C=O) groups is 2. The third-order valence-electron chi connectivity index (χ3n) is 6.98. The van der Waals surface area contributed by atoms with Crippen LogP contribution in [0, 0.1) is 12.8 Å². The molecule has 8 nitrogen and oxygen atoms in total. The summed E-state index contributed by atoms with van der Waals surface area (Å²) in [6.45, 7) is 8.83. The molecule has 2 fully saturated rings. The molecule has 190 valence electrons. The molecule has 0 N–H and O–H groups in total. The third kappa shape index (κ3) is 5.38. The van der Waals surface area contributed by atoms with Crippen molar-refractivity contribution in [3.8, 4) is 5.75 Å². The van der Waals surface area contributed by atoms with Crippen molar-refractivity contribution in [1.82, 2.24) is 19.2 Å². The fourth-order valence-corrected chi connectivity index (χ4v) is 5.23. The highest BCUT2D eigenvalue weighted by Crippen LogP contribution is 2.24. The van der Waals surface area contributed by atoms with Crippen LogP contribution in [-0.2, 0) is 16.1 Å². The lowest BCUT2D eigenvalue weighted by Gasteiger charge is -2.39. The normalized spacial score (nSPS) is 21.1. The molecule has 2 unspecified atom stereocenters. The summed E-state index contributed by atoms with van der Waals surface area (Å²) >= 11 is 0. The highest BCUT2D eigenvalue weighted by atomic mass is 16.5. The Morgan fingerprint density at radius 1 is 1.03 bits per heavy atom. The predicted molar refractivity (Wildman–Crippen MR) is 136 cm³/mol. The minimum atomic E-state index is -0.0320. The lowest BCUT2D eigenvalue weighted by atomic mass is 9.94. The number of piperidine rings is 1. The Balaban J connectivity index is 1.16. The quantitative estimate of drug-likeness (QED) is 0.545. The Morgan fingerprint density at radius 2 is 1.78 bits per heavy atom. The first kappa shape index (κ1) is 24.3. The number of benzene rings is 1. The number of amides is 2. The number of aromatic nitrogens is 2. The molecule has 1 aromatic carbocycles. The van der Waals surface area contributed by atoms with E-state index < -0.39 is 0 Å². The maximum atomic E-state index is 13.2. The van der Waals surface area contributed by atoms with Crippen molar-refractivity contribution in [2.75, 3.05) is 26.2 Å². The first-order chi connectivity index (χ1) is 17.4. The SMILES string of the molecule is Cc1ccc2nc(COc3cccc(C(=O)N4CCC(C(=O)N5CC(C)OC(C)C5)CC4)c3)cn2c1. The molecule has 2 amide bonds. The van der Waals surface area contributed by atoms with Gasteiger partial charge in [0.15, 0.2) is 0 Å². The van der Waals surface area contributed by atoms with Crippen LogP contribution in [0.5, 0.6) is 5.75 Å². The first-order valence-corrected chi connectivity index (χ1v) is 12.8. The first-order valence-electron chi connectivity index (χ1n) is 12.8. The number of hydrogen-bond donors (Lipinski definition) is 0. The Morgan fingerprint density at radius 3 is 2.53 bits per heavy atom.